The molecule has 9 nitrogen and oxygen atoms in total. The fourth-order valence-electron chi connectivity index (χ4n) is 2.28. The number of carbonyl (C=O) groups is 2. The molecule has 0 spiro atoms. The van der Waals surface area contributed by atoms with Crippen LogP contribution in [0.15, 0.2) is 36.7 Å². The van der Waals surface area contributed by atoms with Crippen LogP contribution in [0.5, 0.6) is 0 Å². The zero-order valence-corrected chi connectivity index (χ0v) is 19.7. The van der Waals surface area contributed by atoms with Crippen LogP contribution in [0.3, 0.4) is 0 Å². The van der Waals surface area contributed by atoms with E-state index in [2.05, 4.69) is 19.4 Å². The SMILES string of the molecule is CCOC(=O)c1ncccc1CCCOC.CCOC(=O)c1ncccc1F.COCCN. The first-order chi connectivity index (χ1) is 16.0. The highest BCUT2D eigenvalue weighted by Gasteiger charge is 2.13. The van der Waals surface area contributed by atoms with Crippen molar-refractivity contribution in [2.24, 2.45) is 5.73 Å². The van der Waals surface area contributed by atoms with Crippen molar-refractivity contribution < 1.29 is 32.9 Å². The van der Waals surface area contributed by atoms with Crippen LogP contribution in [0.1, 0.15) is 46.8 Å². The Kier molecular flexibility index (Phi) is 18.0. The fraction of sp³-hybridized carbons (Fsp3) is 0.478. The van der Waals surface area contributed by atoms with Crippen LogP contribution in [0.2, 0.25) is 0 Å². The van der Waals surface area contributed by atoms with Gasteiger partial charge in [-0.15, -0.1) is 0 Å². The Hall–Kier alpha value is -2.95. The van der Waals surface area contributed by atoms with Gasteiger partial charge in [0.15, 0.2) is 17.2 Å². The normalized spacial score (nSPS) is 9.64. The van der Waals surface area contributed by atoms with Gasteiger partial charge in [-0.25, -0.2) is 23.9 Å². The minimum Gasteiger partial charge on any atom is -0.461 e. The van der Waals surface area contributed by atoms with Gasteiger partial charge in [0, 0.05) is 39.8 Å². The van der Waals surface area contributed by atoms with Crippen molar-refractivity contribution in [3.05, 3.63) is 59.4 Å². The fourth-order valence-corrected chi connectivity index (χ4v) is 2.28. The first-order valence-corrected chi connectivity index (χ1v) is 10.5. The first kappa shape index (κ1) is 30.0. The number of methoxy groups -OCH3 is 2. The van der Waals surface area contributed by atoms with E-state index in [-0.39, 0.29) is 18.3 Å². The molecule has 0 fully saturated rings. The number of carbonyl (C=O) groups excluding carboxylic acids is 2. The number of esters is 2. The number of halogens is 1. The predicted molar refractivity (Wildman–Crippen MR) is 121 cm³/mol. The van der Waals surface area contributed by atoms with Crippen LogP contribution in [-0.4, -0.2) is 69.1 Å². The maximum atomic E-state index is 12.8. The maximum absolute atomic E-state index is 12.8. The lowest BCUT2D eigenvalue weighted by molar-refractivity contribution is 0.0506. The maximum Gasteiger partial charge on any atom is 0.359 e. The summed E-state index contributed by atoms with van der Waals surface area (Å²) in [5.74, 6) is -1.73. The summed E-state index contributed by atoms with van der Waals surface area (Å²) < 4.78 is 31.9. The second-order valence-electron chi connectivity index (χ2n) is 6.16. The Morgan fingerprint density at radius 1 is 0.909 bits per heavy atom. The molecule has 0 aromatic carbocycles. The van der Waals surface area contributed by atoms with Crippen LogP contribution >= 0.6 is 0 Å². The van der Waals surface area contributed by atoms with Gasteiger partial charge in [-0.3, -0.25) is 0 Å². The van der Waals surface area contributed by atoms with E-state index in [1.54, 1.807) is 34.3 Å². The van der Waals surface area contributed by atoms with E-state index in [9.17, 15) is 14.0 Å². The standard InChI is InChI=1S/C12H17NO3.C8H8FNO2.C3H9NO/c1-3-16-12(14)11-10(6-4-8-13-11)7-5-9-15-2;1-2-12-8(11)7-6(9)4-3-5-10-7;1-5-3-2-4/h4,6,8H,3,5,7,9H2,1-2H3;3-5H,2H2,1H3;2-4H2,1H3. The van der Waals surface area contributed by atoms with Crippen molar-refractivity contribution in [3.63, 3.8) is 0 Å². The molecule has 0 bridgehead atoms. The van der Waals surface area contributed by atoms with E-state index in [4.69, 9.17) is 15.2 Å². The van der Waals surface area contributed by atoms with Crippen molar-refractivity contribution in [3.8, 4) is 0 Å². The molecule has 0 atom stereocenters. The molecule has 2 rings (SSSR count). The first-order valence-electron chi connectivity index (χ1n) is 10.5. The summed E-state index contributed by atoms with van der Waals surface area (Å²) in [5, 5.41) is 0. The average molecular weight is 468 g/mol. The minimum atomic E-state index is -0.726. The Bertz CT molecular complexity index is 805. The number of nitrogens with two attached hydrogens (primary N) is 1. The molecule has 2 heterocycles. The second-order valence-corrected chi connectivity index (χ2v) is 6.16. The van der Waals surface area contributed by atoms with Gasteiger partial charge in [-0.2, -0.15) is 0 Å². The third-order valence-electron chi connectivity index (χ3n) is 3.70. The van der Waals surface area contributed by atoms with Crippen LogP contribution in [0.25, 0.3) is 0 Å². The molecular formula is C23H34FN3O6. The van der Waals surface area contributed by atoms with Crippen molar-refractivity contribution >= 4 is 11.9 Å². The van der Waals surface area contributed by atoms with E-state index in [1.807, 2.05) is 12.1 Å². The minimum absolute atomic E-state index is 0.217. The summed E-state index contributed by atoms with van der Waals surface area (Å²) >= 11 is 0. The second kappa shape index (κ2) is 19.7. The summed E-state index contributed by atoms with van der Waals surface area (Å²) in [6.07, 6.45) is 4.59. The lowest BCUT2D eigenvalue weighted by atomic mass is 10.1. The molecule has 0 amide bonds. The highest BCUT2D eigenvalue weighted by atomic mass is 19.1. The van der Waals surface area contributed by atoms with Gasteiger partial charge >= 0.3 is 11.9 Å². The lowest BCUT2D eigenvalue weighted by Gasteiger charge is -2.07. The summed E-state index contributed by atoms with van der Waals surface area (Å²) in [6, 6.07) is 6.30. The Morgan fingerprint density at radius 2 is 1.45 bits per heavy atom. The number of hydrogen-bond acceptors (Lipinski definition) is 9. The molecule has 0 unspecified atom stereocenters. The predicted octanol–water partition coefficient (Wildman–Crippen LogP) is 2.83. The number of nitrogens with zero attached hydrogens (tertiary/aromatic N) is 2. The summed E-state index contributed by atoms with van der Waals surface area (Å²) in [5.41, 5.74) is 6.08. The molecule has 10 heteroatoms. The Labute approximate surface area is 194 Å². The van der Waals surface area contributed by atoms with Crippen LogP contribution in [0.4, 0.5) is 4.39 Å². The smallest absolute Gasteiger partial charge is 0.359 e. The molecule has 2 aromatic rings. The van der Waals surface area contributed by atoms with Crippen molar-refractivity contribution in [1.29, 1.82) is 0 Å². The zero-order chi connectivity index (χ0) is 24.9. The van der Waals surface area contributed by atoms with Crippen molar-refractivity contribution in [2.75, 3.05) is 47.2 Å². The number of pyridine rings is 2. The van der Waals surface area contributed by atoms with E-state index in [0.717, 1.165) is 18.4 Å². The van der Waals surface area contributed by atoms with E-state index >= 15 is 0 Å². The molecule has 0 aliphatic carbocycles. The monoisotopic (exact) mass is 467 g/mol. The zero-order valence-electron chi connectivity index (χ0n) is 19.7. The number of aromatic nitrogens is 2. The number of hydrogen-bond donors (Lipinski definition) is 1. The van der Waals surface area contributed by atoms with Crippen LogP contribution in [-0.2, 0) is 25.4 Å². The number of rotatable bonds is 10. The van der Waals surface area contributed by atoms with Crippen LogP contribution in [0, 0.1) is 5.82 Å². The third kappa shape index (κ3) is 13.3. The lowest BCUT2D eigenvalue weighted by Crippen LogP contribution is -2.10. The van der Waals surface area contributed by atoms with Gasteiger partial charge in [-0.1, -0.05) is 6.07 Å². The molecule has 2 aromatic heterocycles. The molecule has 0 saturated heterocycles. The molecule has 184 valence electrons. The molecule has 0 aliphatic heterocycles. The van der Waals surface area contributed by atoms with Crippen LogP contribution < -0.4 is 5.73 Å². The third-order valence-corrected chi connectivity index (χ3v) is 3.70. The number of aryl methyl sites for hydroxylation is 1. The molecule has 2 N–H and O–H groups in total. The average Bonchev–Trinajstić information content (AvgIpc) is 2.81. The van der Waals surface area contributed by atoms with E-state index in [1.165, 1.54) is 18.3 Å². The van der Waals surface area contributed by atoms with Gasteiger partial charge < -0.3 is 24.7 Å². The van der Waals surface area contributed by atoms with E-state index in [0.29, 0.717) is 32.1 Å². The summed E-state index contributed by atoms with van der Waals surface area (Å²) in [6.45, 7) is 5.99. The van der Waals surface area contributed by atoms with Crippen molar-refractivity contribution in [2.45, 2.75) is 26.7 Å². The summed E-state index contributed by atoms with van der Waals surface area (Å²) in [7, 11) is 3.29. The topological polar surface area (TPSA) is 123 Å². The Morgan fingerprint density at radius 3 is 1.94 bits per heavy atom. The highest BCUT2D eigenvalue weighted by Crippen LogP contribution is 2.10. The molecule has 0 saturated carbocycles. The highest BCUT2D eigenvalue weighted by molar-refractivity contribution is 5.88. The molecular weight excluding hydrogens is 433 g/mol. The largest absolute Gasteiger partial charge is 0.461 e. The van der Waals surface area contributed by atoms with Gasteiger partial charge in [-0.05, 0) is 50.5 Å². The molecule has 33 heavy (non-hydrogen) atoms. The van der Waals surface area contributed by atoms with Gasteiger partial charge in [0.25, 0.3) is 0 Å². The van der Waals surface area contributed by atoms with Gasteiger partial charge in [0.1, 0.15) is 0 Å². The Balaban J connectivity index is 0.000000530. The number of ether oxygens (including phenoxy) is 4. The summed E-state index contributed by atoms with van der Waals surface area (Å²) in [4.78, 5) is 30.1. The molecule has 0 aliphatic rings. The van der Waals surface area contributed by atoms with E-state index < -0.39 is 11.8 Å². The molecule has 0 radical (unpaired) electrons. The van der Waals surface area contributed by atoms with Crippen molar-refractivity contribution in [1.82, 2.24) is 9.97 Å². The van der Waals surface area contributed by atoms with Gasteiger partial charge in [0.2, 0.25) is 0 Å². The quantitative estimate of drug-likeness (QED) is 0.415. The van der Waals surface area contributed by atoms with Gasteiger partial charge in [0.05, 0.1) is 19.8 Å².